The fourth-order valence-corrected chi connectivity index (χ4v) is 6.08. The summed E-state index contributed by atoms with van der Waals surface area (Å²) in [5.41, 5.74) is 7.16. The highest BCUT2D eigenvalue weighted by Gasteiger charge is 2.36. The molecule has 17 nitrogen and oxygen atoms in total. The largest absolute Gasteiger partial charge is 0.497 e. The summed E-state index contributed by atoms with van der Waals surface area (Å²) in [5, 5.41) is 31.3. The molecule has 0 saturated heterocycles. The lowest BCUT2D eigenvalue weighted by Gasteiger charge is -2.29. The van der Waals surface area contributed by atoms with Gasteiger partial charge in [-0.15, -0.1) is 0 Å². The van der Waals surface area contributed by atoms with Crippen molar-refractivity contribution in [2.24, 2.45) is 29.4 Å². The van der Waals surface area contributed by atoms with Gasteiger partial charge in [0, 0.05) is 5.92 Å². The first-order valence-corrected chi connectivity index (χ1v) is 19.1. The van der Waals surface area contributed by atoms with Crippen LogP contribution in [-0.4, -0.2) is 94.9 Å². The minimum Gasteiger partial charge on any atom is -0.497 e. The monoisotopic (exact) mass is 810 g/mol. The van der Waals surface area contributed by atoms with Gasteiger partial charge >= 0.3 is 11.9 Å². The summed E-state index contributed by atoms with van der Waals surface area (Å²) in [4.78, 5) is 103. The van der Waals surface area contributed by atoms with E-state index in [1.165, 1.54) is 0 Å². The van der Waals surface area contributed by atoms with Gasteiger partial charge in [0.25, 0.3) is 0 Å². The van der Waals surface area contributed by atoms with Crippen molar-refractivity contribution < 1.29 is 53.3 Å². The highest BCUT2D eigenvalue weighted by Crippen LogP contribution is 2.19. The fraction of sp³-hybridized carbons (Fsp3) is 0.512. The van der Waals surface area contributed by atoms with Crippen LogP contribution in [-0.2, 0) is 51.2 Å². The van der Waals surface area contributed by atoms with Gasteiger partial charge in [-0.05, 0) is 60.3 Å². The Bertz CT molecular complexity index is 1730. The maximum atomic E-state index is 13.9. The van der Waals surface area contributed by atoms with E-state index >= 15 is 0 Å². The molecule has 6 amide bonds. The summed E-state index contributed by atoms with van der Waals surface area (Å²) in [5.74, 6) is -9.30. The third-order valence-corrected chi connectivity index (χ3v) is 9.20. The van der Waals surface area contributed by atoms with Gasteiger partial charge in [-0.25, -0.2) is 4.79 Å². The van der Waals surface area contributed by atoms with Gasteiger partial charge in [-0.3, -0.25) is 33.6 Å². The predicted molar refractivity (Wildman–Crippen MR) is 213 cm³/mol. The lowest BCUT2D eigenvalue weighted by molar-refractivity contribution is -0.144. The molecule has 2 aromatic carbocycles. The zero-order chi connectivity index (χ0) is 43.7. The number of carboxylic acid groups (broad SMARTS) is 2. The van der Waals surface area contributed by atoms with Crippen molar-refractivity contribution >= 4 is 47.4 Å². The Morgan fingerprint density at radius 2 is 1.03 bits per heavy atom. The van der Waals surface area contributed by atoms with Crippen molar-refractivity contribution in [3.05, 3.63) is 65.7 Å². The summed E-state index contributed by atoms with van der Waals surface area (Å²) in [7, 11) is 1.56. The number of hydrogen-bond acceptors (Lipinski definition) is 9. The van der Waals surface area contributed by atoms with Gasteiger partial charge in [0.15, 0.2) is 0 Å². The number of carbonyl (C=O) groups is 8. The van der Waals surface area contributed by atoms with Gasteiger partial charge < -0.3 is 47.3 Å². The maximum Gasteiger partial charge on any atom is 0.326 e. The number of methoxy groups -OCH3 is 1. The average molecular weight is 811 g/mol. The topological polar surface area (TPSA) is 272 Å². The molecule has 1 unspecified atom stereocenters. The van der Waals surface area contributed by atoms with E-state index in [-0.39, 0.29) is 12.3 Å². The first-order chi connectivity index (χ1) is 27.2. The minimum absolute atomic E-state index is 0.0107. The van der Waals surface area contributed by atoms with E-state index in [0.29, 0.717) is 18.6 Å². The molecule has 6 atom stereocenters. The van der Waals surface area contributed by atoms with E-state index in [4.69, 9.17) is 10.5 Å². The number of carbonyl (C=O) groups excluding carboxylic acids is 6. The van der Waals surface area contributed by atoms with E-state index in [0.717, 1.165) is 11.1 Å². The fourth-order valence-electron chi connectivity index (χ4n) is 6.08. The Morgan fingerprint density at radius 3 is 1.48 bits per heavy atom. The summed E-state index contributed by atoms with van der Waals surface area (Å²) < 4.78 is 5.26. The van der Waals surface area contributed by atoms with Gasteiger partial charge in [-0.2, -0.15) is 0 Å². The van der Waals surface area contributed by atoms with Crippen LogP contribution in [0.25, 0.3) is 0 Å². The molecule has 2 rings (SSSR count). The number of ether oxygens (including phenoxy) is 1. The number of carboxylic acids is 2. The summed E-state index contributed by atoms with van der Waals surface area (Å²) in [6.45, 7) is 10.1. The van der Waals surface area contributed by atoms with Gasteiger partial charge in [0.1, 0.15) is 36.0 Å². The van der Waals surface area contributed by atoms with Gasteiger partial charge in [0.2, 0.25) is 35.4 Å². The molecule has 0 radical (unpaired) electrons. The van der Waals surface area contributed by atoms with Crippen molar-refractivity contribution in [3.63, 3.8) is 0 Å². The summed E-state index contributed by atoms with van der Waals surface area (Å²) in [6, 6.07) is 9.41. The predicted octanol–water partition coefficient (Wildman–Crippen LogP) is 1.31. The van der Waals surface area contributed by atoms with Crippen LogP contribution in [0.3, 0.4) is 0 Å². The minimum atomic E-state index is -1.79. The number of amides is 6. The molecule has 318 valence electrons. The lowest BCUT2D eigenvalue weighted by Crippen LogP contribution is -2.61. The maximum absolute atomic E-state index is 13.9. The zero-order valence-corrected chi connectivity index (χ0v) is 34.1. The molecule has 2 aromatic rings. The van der Waals surface area contributed by atoms with Crippen molar-refractivity contribution in [3.8, 4) is 5.75 Å². The van der Waals surface area contributed by atoms with Gasteiger partial charge in [0.05, 0.1) is 20.0 Å². The van der Waals surface area contributed by atoms with E-state index in [9.17, 15) is 48.6 Å². The van der Waals surface area contributed by atoms with Crippen LogP contribution in [0.4, 0.5) is 0 Å². The highest BCUT2D eigenvalue weighted by molar-refractivity contribution is 5.98. The number of rotatable bonds is 24. The molecule has 0 aliphatic heterocycles. The normalized spacial score (nSPS) is 14.2. The number of hydrogen-bond donors (Lipinski definition) is 8. The van der Waals surface area contributed by atoms with E-state index < -0.39 is 108 Å². The van der Waals surface area contributed by atoms with Crippen molar-refractivity contribution in [1.29, 1.82) is 0 Å². The molecular formula is C41H58N6O11. The van der Waals surface area contributed by atoms with Crippen molar-refractivity contribution in [1.82, 2.24) is 26.6 Å². The Morgan fingerprint density at radius 1 is 0.586 bits per heavy atom. The molecule has 0 saturated carbocycles. The molecule has 0 fully saturated rings. The second-order valence-corrected chi connectivity index (χ2v) is 15.3. The molecule has 0 bridgehead atoms. The van der Waals surface area contributed by atoms with Crippen LogP contribution in [0, 0.1) is 23.7 Å². The lowest BCUT2D eigenvalue weighted by atomic mass is 9.90. The van der Waals surface area contributed by atoms with E-state index in [1.54, 1.807) is 60.8 Å². The van der Waals surface area contributed by atoms with E-state index in [2.05, 4.69) is 26.6 Å². The molecule has 0 aliphatic carbocycles. The smallest absolute Gasteiger partial charge is 0.326 e. The number of primary amides is 1. The molecule has 17 heteroatoms. The Kier molecular flexibility index (Phi) is 19.3. The number of nitrogens with one attached hydrogen (secondary N) is 5. The van der Waals surface area contributed by atoms with Crippen LogP contribution in [0.15, 0.2) is 54.6 Å². The van der Waals surface area contributed by atoms with Crippen LogP contribution in [0.5, 0.6) is 5.75 Å². The van der Waals surface area contributed by atoms with Crippen LogP contribution in [0.2, 0.25) is 0 Å². The average Bonchev–Trinajstić information content (AvgIpc) is 3.14. The SMILES string of the molecule is COc1ccc(CC(Cc2ccccc2)C(=O)N[C@H](C(=O)N[C@H](C(=O)N[C@@H](CC(N)=O)C(=O)N[C@@H](CC(=O)O)C(=O)N[C@@H](CC(C)C)C(=O)O)C(C)C)C(C)C)cc1. The number of benzene rings is 2. The Balaban J connectivity index is 2.29. The van der Waals surface area contributed by atoms with Crippen LogP contribution >= 0.6 is 0 Å². The molecule has 58 heavy (non-hydrogen) atoms. The standard InChI is InChI=1S/C41H58N6O11/c1-22(2)17-31(41(56)57)45-38(53)30(21-33(49)50)43-37(52)29(20-32(42)48)44-39(54)34(23(3)4)47-40(55)35(24(5)6)46-36(51)27(18-25-11-9-8-10-12-25)19-26-13-15-28(58-7)16-14-26/h8-16,22-24,27,29-31,34-35H,17-21H2,1-7H3,(H2,42,48)(H,43,52)(H,44,54)(H,45,53)(H,46,51)(H,47,55)(H,49,50)(H,56,57)/t27?,29-,30-,31-,34-,35-/m0/s1. The summed E-state index contributed by atoms with van der Waals surface area (Å²) >= 11 is 0. The highest BCUT2D eigenvalue weighted by atomic mass is 16.5. The quantitative estimate of drug-likeness (QED) is 0.0749. The number of nitrogens with two attached hydrogens (primary N) is 1. The third-order valence-electron chi connectivity index (χ3n) is 9.20. The Labute approximate surface area is 338 Å². The third kappa shape index (κ3) is 16.2. The first-order valence-electron chi connectivity index (χ1n) is 19.1. The molecule has 0 spiro atoms. The Hall–Kier alpha value is -6.00. The van der Waals surface area contributed by atoms with Crippen molar-refractivity contribution in [2.45, 2.75) is 104 Å². The summed E-state index contributed by atoms with van der Waals surface area (Å²) in [6.07, 6.45) is -0.994. The van der Waals surface area contributed by atoms with Gasteiger partial charge in [-0.1, -0.05) is 84.0 Å². The van der Waals surface area contributed by atoms with Crippen molar-refractivity contribution in [2.75, 3.05) is 7.11 Å². The second-order valence-electron chi connectivity index (χ2n) is 15.3. The molecular weight excluding hydrogens is 752 g/mol. The number of aliphatic carboxylic acids is 2. The van der Waals surface area contributed by atoms with Crippen LogP contribution in [0.1, 0.15) is 71.9 Å². The second kappa shape index (κ2) is 23.3. The van der Waals surface area contributed by atoms with Crippen LogP contribution < -0.4 is 37.1 Å². The molecule has 9 N–H and O–H groups in total. The molecule has 0 heterocycles. The van der Waals surface area contributed by atoms with E-state index in [1.807, 2.05) is 42.5 Å². The molecule has 0 aliphatic rings. The first kappa shape index (κ1) is 48.1. The molecule has 0 aromatic heterocycles. The zero-order valence-electron chi connectivity index (χ0n) is 34.1.